The van der Waals surface area contributed by atoms with E-state index < -0.39 is 6.10 Å². The number of fused-ring (bicyclic) bond motifs is 2. The van der Waals surface area contributed by atoms with Gasteiger partial charge >= 0.3 is 0 Å². The fraction of sp³-hybridized carbons (Fsp3) is 0.318. The summed E-state index contributed by atoms with van der Waals surface area (Å²) in [6.45, 7) is 2.34. The van der Waals surface area contributed by atoms with E-state index in [1.165, 1.54) is 11.1 Å². The molecule has 2 aromatic heterocycles. The minimum absolute atomic E-state index is 0.147. The Balaban J connectivity index is 1.32. The normalized spacial score (nSPS) is 14.9. The van der Waals surface area contributed by atoms with Crippen molar-refractivity contribution < 1.29 is 14.7 Å². The van der Waals surface area contributed by atoms with E-state index in [0.29, 0.717) is 17.8 Å². The second-order valence-corrected chi connectivity index (χ2v) is 7.51. The van der Waals surface area contributed by atoms with Gasteiger partial charge in [0.2, 0.25) is 0 Å². The van der Waals surface area contributed by atoms with Crippen LogP contribution < -0.4 is 10.6 Å². The van der Waals surface area contributed by atoms with Crippen molar-refractivity contribution in [3.05, 3.63) is 71.2 Å². The first-order chi connectivity index (χ1) is 14.5. The summed E-state index contributed by atoms with van der Waals surface area (Å²) in [6.07, 6.45) is 3.50. The lowest BCUT2D eigenvalue weighted by molar-refractivity contribution is 0.0838. The molecule has 1 aliphatic rings. The molecule has 156 valence electrons. The number of pyridine rings is 1. The molecule has 0 spiro atoms. The van der Waals surface area contributed by atoms with Gasteiger partial charge in [0.15, 0.2) is 0 Å². The van der Waals surface area contributed by atoms with Crippen LogP contribution >= 0.6 is 0 Å². The molecular weight excluding hydrogens is 382 g/mol. The molecule has 4 rings (SSSR count). The number of aliphatic hydroxyl groups excluding tert-OH is 1. The molecule has 1 unspecified atom stereocenters. The summed E-state index contributed by atoms with van der Waals surface area (Å²) in [4.78, 5) is 30.7. The summed E-state index contributed by atoms with van der Waals surface area (Å²) in [7, 11) is 1.56. The molecule has 0 saturated carbocycles. The molecule has 1 aromatic carbocycles. The van der Waals surface area contributed by atoms with Gasteiger partial charge in [0.1, 0.15) is 11.3 Å². The van der Waals surface area contributed by atoms with Crippen molar-refractivity contribution in [2.45, 2.75) is 19.1 Å². The van der Waals surface area contributed by atoms with E-state index in [4.69, 9.17) is 0 Å². The first kappa shape index (κ1) is 20.1. The largest absolute Gasteiger partial charge is 0.390 e. The summed E-state index contributed by atoms with van der Waals surface area (Å²) < 4.78 is 1.64. The maximum atomic E-state index is 12.5. The standard InChI is InChI=1S/C22H25N5O3/c1-23-21(29)17-6-7-20-25-19(14-27(20)12-17)22(30)24-10-18(28)13-26-9-8-15-4-2-3-5-16(15)11-26/h2-7,12,14,18,28H,8-11,13H2,1H3,(H,23,29)(H,24,30). The number of nitrogens with zero attached hydrogens (tertiary/aromatic N) is 3. The van der Waals surface area contributed by atoms with Gasteiger partial charge in [0.25, 0.3) is 11.8 Å². The second-order valence-electron chi connectivity index (χ2n) is 7.51. The highest BCUT2D eigenvalue weighted by Gasteiger charge is 2.19. The number of hydrogen-bond donors (Lipinski definition) is 3. The Hall–Kier alpha value is -3.23. The van der Waals surface area contributed by atoms with Crippen LogP contribution in [0, 0.1) is 0 Å². The molecule has 30 heavy (non-hydrogen) atoms. The average Bonchev–Trinajstić information content (AvgIpc) is 3.20. The molecule has 1 atom stereocenters. The Morgan fingerprint density at radius 1 is 1.13 bits per heavy atom. The van der Waals surface area contributed by atoms with Crippen LogP contribution in [-0.2, 0) is 13.0 Å². The zero-order valence-corrected chi connectivity index (χ0v) is 16.8. The Morgan fingerprint density at radius 2 is 1.93 bits per heavy atom. The fourth-order valence-electron chi connectivity index (χ4n) is 3.75. The van der Waals surface area contributed by atoms with Crippen molar-refractivity contribution in [3.8, 4) is 0 Å². The van der Waals surface area contributed by atoms with Gasteiger partial charge in [-0.15, -0.1) is 0 Å². The van der Waals surface area contributed by atoms with Crippen molar-refractivity contribution in [1.82, 2.24) is 24.9 Å². The lowest BCUT2D eigenvalue weighted by Crippen LogP contribution is -2.42. The Bertz CT molecular complexity index is 1080. The third kappa shape index (κ3) is 4.34. The lowest BCUT2D eigenvalue weighted by atomic mass is 10.00. The predicted octanol–water partition coefficient (Wildman–Crippen LogP) is 0.843. The van der Waals surface area contributed by atoms with E-state index in [1.54, 1.807) is 36.0 Å². The van der Waals surface area contributed by atoms with Gasteiger partial charge in [-0.2, -0.15) is 0 Å². The van der Waals surface area contributed by atoms with Gasteiger partial charge < -0.3 is 20.1 Å². The van der Waals surface area contributed by atoms with E-state index in [2.05, 4.69) is 38.7 Å². The highest BCUT2D eigenvalue weighted by atomic mass is 16.3. The van der Waals surface area contributed by atoms with Gasteiger partial charge in [0.05, 0.1) is 11.7 Å². The first-order valence-corrected chi connectivity index (χ1v) is 9.99. The first-order valence-electron chi connectivity index (χ1n) is 9.99. The predicted molar refractivity (Wildman–Crippen MR) is 112 cm³/mol. The zero-order chi connectivity index (χ0) is 21.1. The Labute approximate surface area is 174 Å². The highest BCUT2D eigenvalue weighted by Crippen LogP contribution is 2.18. The van der Waals surface area contributed by atoms with Crippen molar-refractivity contribution in [2.75, 3.05) is 26.7 Å². The molecule has 3 N–H and O–H groups in total. The van der Waals surface area contributed by atoms with E-state index in [1.807, 2.05) is 6.07 Å². The van der Waals surface area contributed by atoms with E-state index in [0.717, 1.165) is 19.5 Å². The van der Waals surface area contributed by atoms with E-state index >= 15 is 0 Å². The molecule has 0 aliphatic carbocycles. The molecule has 0 radical (unpaired) electrons. The number of aliphatic hydroxyl groups is 1. The topological polar surface area (TPSA) is 99.0 Å². The number of hydrogen-bond acceptors (Lipinski definition) is 5. The molecule has 3 heterocycles. The highest BCUT2D eigenvalue weighted by molar-refractivity contribution is 5.95. The second kappa shape index (κ2) is 8.64. The number of β-amino-alcohol motifs (C(OH)–C–C–N with tert-alkyl or cyclic N) is 1. The molecule has 8 heteroatoms. The minimum Gasteiger partial charge on any atom is -0.390 e. The molecule has 0 saturated heterocycles. The van der Waals surface area contributed by atoms with E-state index in [9.17, 15) is 14.7 Å². The van der Waals surface area contributed by atoms with Crippen molar-refractivity contribution in [2.24, 2.45) is 0 Å². The number of nitrogens with one attached hydrogen (secondary N) is 2. The minimum atomic E-state index is -0.670. The third-order valence-electron chi connectivity index (χ3n) is 5.35. The SMILES string of the molecule is CNC(=O)c1ccc2nc(C(=O)NCC(O)CN3CCc4ccccc4C3)cn2c1. The summed E-state index contributed by atoms with van der Waals surface area (Å²) in [6, 6.07) is 11.7. The molecule has 2 amide bonds. The average molecular weight is 407 g/mol. The number of aromatic nitrogens is 2. The van der Waals surface area contributed by atoms with Crippen LogP contribution in [0.3, 0.4) is 0 Å². The van der Waals surface area contributed by atoms with Crippen molar-refractivity contribution in [1.29, 1.82) is 0 Å². The maximum Gasteiger partial charge on any atom is 0.271 e. The number of imidazole rings is 1. The van der Waals surface area contributed by atoms with Crippen LogP contribution in [0.1, 0.15) is 32.0 Å². The summed E-state index contributed by atoms with van der Waals surface area (Å²) in [5.41, 5.74) is 3.94. The molecule has 3 aromatic rings. The van der Waals surface area contributed by atoms with Crippen LogP contribution in [0.25, 0.3) is 5.65 Å². The van der Waals surface area contributed by atoms with Crippen LogP contribution in [0.4, 0.5) is 0 Å². The third-order valence-corrected chi connectivity index (χ3v) is 5.35. The van der Waals surface area contributed by atoms with Crippen LogP contribution in [0.2, 0.25) is 0 Å². The van der Waals surface area contributed by atoms with Crippen molar-refractivity contribution in [3.63, 3.8) is 0 Å². The maximum absolute atomic E-state index is 12.5. The number of benzene rings is 1. The number of rotatable bonds is 6. The van der Waals surface area contributed by atoms with Gasteiger partial charge in [-0.1, -0.05) is 24.3 Å². The molecule has 1 aliphatic heterocycles. The van der Waals surface area contributed by atoms with Crippen LogP contribution in [-0.4, -0.2) is 64.0 Å². The fourth-order valence-corrected chi connectivity index (χ4v) is 3.75. The molecule has 8 nitrogen and oxygen atoms in total. The molecule has 0 fully saturated rings. The summed E-state index contributed by atoms with van der Waals surface area (Å²) >= 11 is 0. The zero-order valence-electron chi connectivity index (χ0n) is 16.8. The summed E-state index contributed by atoms with van der Waals surface area (Å²) in [5, 5.41) is 15.7. The van der Waals surface area contributed by atoms with Gasteiger partial charge in [-0.05, 0) is 29.7 Å². The Morgan fingerprint density at radius 3 is 2.73 bits per heavy atom. The molecular formula is C22H25N5O3. The summed E-state index contributed by atoms with van der Waals surface area (Å²) in [5.74, 6) is -0.566. The van der Waals surface area contributed by atoms with Gasteiger partial charge in [-0.25, -0.2) is 4.98 Å². The van der Waals surface area contributed by atoms with Crippen LogP contribution in [0.15, 0.2) is 48.8 Å². The monoisotopic (exact) mass is 407 g/mol. The quantitative estimate of drug-likeness (QED) is 0.563. The number of amides is 2. The van der Waals surface area contributed by atoms with Gasteiger partial charge in [0, 0.05) is 45.6 Å². The lowest BCUT2D eigenvalue weighted by Gasteiger charge is -2.30. The number of carbonyl (C=O) groups is 2. The van der Waals surface area contributed by atoms with Gasteiger partial charge in [-0.3, -0.25) is 14.5 Å². The van der Waals surface area contributed by atoms with Crippen LogP contribution in [0.5, 0.6) is 0 Å². The smallest absolute Gasteiger partial charge is 0.271 e. The number of carbonyl (C=O) groups excluding carboxylic acids is 2. The van der Waals surface area contributed by atoms with Crippen molar-refractivity contribution >= 4 is 17.5 Å². The molecule has 0 bridgehead atoms. The Kier molecular flexibility index (Phi) is 5.78. The van der Waals surface area contributed by atoms with E-state index in [-0.39, 0.29) is 24.1 Å².